The Bertz CT molecular complexity index is 1180. The van der Waals surface area contributed by atoms with Gasteiger partial charge in [-0.3, -0.25) is 9.69 Å². The Morgan fingerprint density at radius 2 is 1.65 bits per heavy atom. The number of amides is 3. The predicted molar refractivity (Wildman–Crippen MR) is 120 cm³/mol. The van der Waals surface area contributed by atoms with E-state index >= 15 is 0 Å². The molecule has 0 unspecified atom stereocenters. The van der Waals surface area contributed by atoms with Gasteiger partial charge >= 0.3 is 12.2 Å². The largest absolute Gasteiger partial charge is 0.416 e. The SMILES string of the molecule is O=C(Nc1ccc(N2CCCN(Cc3ccc(C(F)(F)F)cc3)C2=O)cc1)c1cccc(F)c1. The number of urea groups is 1. The molecule has 0 aromatic heterocycles. The lowest BCUT2D eigenvalue weighted by Gasteiger charge is -2.35. The third-order valence-corrected chi connectivity index (χ3v) is 5.49. The minimum Gasteiger partial charge on any atom is -0.322 e. The lowest BCUT2D eigenvalue weighted by Crippen LogP contribution is -2.49. The van der Waals surface area contributed by atoms with Crippen molar-refractivity contribution in [3.8, 4) is 0 Å². The Hall–Kier alpha value is -3.88. The van der Waals surface area contributed by atoms with Crippen molar-refractivity contribution in [1.29, 1.82) is 0 Å². The van der Waals surface area contributed by atoms with Crippen LogP contribution in [0.25, 0.3) is 0 Å². The second kappa shape index (κ2) is 9.54. The smallest absolute Gasteiger partial charge is 0.322 e. The van der Waals surface area contributed by atoms with E-state index in [9.17, 15) is 27.2 Å². The number of carbonyl (C=O) groups excluding carboxylic acids is 2. The summed E-state index contributed by atoms with van der Waals surface area (Å²) in [5, 5.41) is 2.68. The highest BCUT2D eigenvalue weighted by molar-refractivity contribution is 6.04. The number of hydrogen-bond donors (Lipinski definition) is 1. The average molecular weight is 471 g/mol. The summed E-state index contributed by atoms with van der Waals surface area (Å²) in [5.41, 5.74) is 1.19. The van der Waals surface area contributed by atoms with Gasteiger partial charge in [-0.25, -0.2) is 9.18 Å². The van der Waals surface area contributed by atoms with E-state index in [0.717, 1.165) is 18.2 Å². The number of carbonyl (C=O) groups is 2. The molecule has 1 heterocycles. The second-order valence-corrected chi connectivity index (χ2v) is 7.92. The Balaban J connectivity index is 1.41. The maximum atomic E-state index is 13.3. The molecule has 0 atom stereocenters. The van der Waals surface area contributed by atoms with Crippen LogP contribution in [-0.4, -0.2) is 29.9 Å². The fourth-order valence-corrected chi connectivity index (χ4v) is 3.75. The Labute approximate surface area is 193 Å². The van der Waals surface area contributed by atoms with Gasteiger partial charge in [0.2, 0.25) is 0 Å². The first kappa shape index (κ1) is 23.3. The molecule has 176 valence electrons. The number of alkyl halides is 3. The summed E-state index contributed by atoms with van der Waals surface area (Å²) in [6, 6.07) is 16.6. The zero-order chi connectivity index (χ0) is 24.3. The number of nitrogens with zero attached hydrogens (tertiary/aromatic N) is 2. The molecule has 3 aromatic carbocycles. The van der Waals surface area contributed by atoms with Crippen LogP contribution in [0.5, 0.6) is 0 Å². The molecular weight excluding hydrogens is 450 g/mol. The summed E-state index contributed by atoms with van der Waals surface area (Å²) in [5.74, 6) is -0.962. The number of hydrogen-bond acceptors (Lipinski definition) is 2. The van der Waals surface area contributed by atoms with Gasteiger partial charge in [0, 0.05) is 36.6 Å². The Kier molecular flexibility index (Phi) is 6.54. The first-order valence-corrected chi connectivity index (χ1v) is 10.6. The summed E-state index contributed by atoms with van der Waals surface area (Å²) in [7, 11) is 0. The average Bonchev–Trinajstić information content (AvgIpc) is 2.81. The van der Waals surface area contributed by atoms with E-state index < -0.39 is 23.5 Å². The second-order valence-electron chi connectivity index (χ2n) is 7.92. The fourth-order valence-electron chi connectivity index (χ4n) is 3.75. The minimum absolute atomic E-state index is 0.189. The quantitative estimate of drug-likeness (QED) is 0.469. The van der Waals surface area contributed by atoms with Crippen LogP contribution < -0.4 is 10.2 Å². The molecule has 1 N–H and O–H groups in total. The molecule has 1 aliphatic rings. The fraction of sp³-hybridized carbons (Fsp3) is 0.200. The van der Waals surface area contributed by atoms with E-state index in [1.165, 1.54) is 30.3 Å². The first-order valence-electron chi connectivity index (χ1n) is 10.6. The standard InChI is InChI=1S/C25H21F4N3O2/c26-20-4-1-3-18(15-20)23(33)30-21-9-11-22(12-10-21)32-14-2-13-31(24(32)34)16-17-5-7-19(8-6-17)25(27,28)29/h1,3-12,15H,2,13-14,16H2,(H,30,33). The number of halogens is 4. The zero-order valence-corrected chi connectivity index (χ0v) is 18.0. The number of nitrogens with one attached hydrogen (secondary N) is 1. The van der Waals surface area contributed by atoms with Crippen molar-refractivity contribution in [3.63, 3.8) is 0 Å². The summed E-state index contributed by atoms with van der Waals surface area (Å²) in [6.07, 6.45) is -3.70. The van der Waals surface area contributed by atoms with Crippen LogP contribution >= 0.6 is 0 Å². The highest BCUT2D eigenvalue weighted by Crippen LogP contribution is 2.29. The van der Waals surface area contributed by atoms with E-state index in [-0.39, 0.29) is 18.1 Å². The van der Waals surface area contributed by atoms with Gasteiger partial charge < -0.3 is 10.2 Å². The summed E-state index contributed by atoms with van der Waals surface area (Å²) in [4.78, 5) is 28.5. The number of rotatable bonds is 5. The van der Waals surface area contributed by atoms with Crippen LogP contribution in [0.4, 0.5) is 33.7 Å². The molecular formula is C25H21F4N3O2. The Morgan fingerprint density at radius 1 is 0.941 bits per heavy atom. The molecule has 0 saturated carbocycles. The van der Waals surface area contributed by atoms with Crippen molar-refractivity contribution in [2.45, 2.75) is 19.1 Å². The van der Waals surface area contributed by atoms with Crippen molar-refractivity contribution in [1.82, 2.24) is 4.90 Å². The summed E-state index contributed by atoms with van der Waals surface area (Å²) in [6.45, 7) is 1.20. The van der Waals surface area contributed by atoms with E-state index in [0.29, 0.717) is 36.4 Å². The Morgan fingerprint density at radius 3 is 2.29 bits per heavy atom. The lowest BCUT2D eigenvalue weighted by molar-refractivity contribution is -0.137. The van der Waals surface area contributed by atoms with Crippen LogP contribution in [0, 0.1) is 5.82 Å². The van der Waals surface area contributed by atoms with E-state index in [1.807, 2.05) is 0 Å². The maximum absolute atomic E-state index is 13.3. The van der Waals surface area contributed by atoms with Gasteiger partial charge in [-0.15, -0.1) is 0 Å². The normalized spacial score (nSPS) is 14.3. The first-order chi connectivity index (χ1) is 16.2. The van der Waals surface area contributed by atoms with Gasteiger partial charge in [-0.05, 0) is 66.6 Å². The van der Waals surface area contributed by atoms with Crippen molar-refractivity contribution < 1.29 is 27.2 Å². The highest BCUT2D eigenvalue weighted by Gasteiger charge is 2.30. The molecule has 34 heavy (non-hydrogen) atoms. The monoisotopic (exact) mass is 471 g/mol. The third-order valence-electron chi connectivity index (χ3n) is 5.49. The number of benzene rings is 3. The molecule has 1 fully saturated rings. The van der Waals surface area contributed by atoms with Gasteiger partial charge in [0.05, 0.1) is 5.56 Å². The van der Waals surface area contributed by atoms with E-state index in [2.05, 4.69) is 5.32 Å². The highest BCUT2D eigenvalue weighted by atomic mass is 19.4. The van der Waals surface area contributed by atoms with Crippen LogP contribution in [0.15, 0.2) is 72.8 Å². The van der Waals surface area contributed by atoms with E-state index in [1.54, 1.807) is 34.1 Å². The van der Waals surface area contributed by atoms with Crippen molar-refractivity contribution >= 4 is 23.3 Å². The van der Waals surface area contributed by atoms with Crippen molar-refractivity contribution in [2.75, 3.05) is 23.3 Å². The van der Waals surface area contributed by atoms with Crippen LogP contribution in [0.1, 0.15) is 27.9 Å². The molecule has 0 radical (unpaired) electrons. The van der Waals surface area contributed by atoms with Gasteiger partial charge in [-0.1, -0.05) is 18.2 Å². The molecule has 5 nitrogen and oxygen atoms in total. The summed E-state index contributed by atoms with van der Waals surface area (Å²) < 4.78 is 51.6. The molecule has 0 bridgehead atoms. The maximum Gasteiger partial charge on any atom is 0.416 e. The van der Waals surface area contributed by atoms with Gasteiger partial charge in [0.15, 0.2) is 0 Å². The van der Waals surface area contributed by atoms with Crippen molar-refractivity contribution in [2.24, 2.45) is 0 Å². The molecule has 9 heteroatoms. The minimum atomic E-state index is -4.40. The molecule has 4 rings (SSSR count). The molecule has 1 saturated heterocycles. The molecule has 0 spiro atoms. The third kappa shape index (κ3) is 5.36. The van der Waals surface area contributed by atoms with Crippen LogP contribution in [-0.2, 0) is 12.7 Å². The van der Waals surface area contributed by atoms with Gasteiger partial charge in [-0.2, -0.15) is 13.2 Å². The van der Waals surface area contributed by atoms with Crippen LogP contribution in [0.2, 0.25) is 0 Å². The number of anilines is 2. The van der Waals surface area contributed by atoms with Gasteiger partial charge in [0.1, 0.15) is 5.82 Å². The molecule has 3 aromatic rings. The molecule has 0 aliphatic carbocycles. The topological polar surface area (TPSA) is 52.7 Å². The van der Waals surface area contributed by atoms with Crippen molar-refractivity contribution in [3.05, 3.63) is 95.3 Å². The van der Waals surface area contributed by atoms with Crippen LogP contribution in [0.3, 0.4) is 0 Å². The zero-order valence-electron chi connectivity index (χ0n) is 18.0. The van der Waals surface area contributed by atoms with Gasteiger partial charge in [0.25, 0.3) is 5.91 Å². The lowest BCUT2D eigenvalue weighted by atomic mass is 10.1. The molecule has 1 aliphatic heterocycles. The molecule has 3 amide bonds. The van der Waals surface area contributed by atoms with E-state index in [4.69, 9.17) is 0 Å². The predicted octanol–water partition coefficient (Wildman–Crippen LogP) is 5.93. The summed E-state index contributed by atoms with van der Waals surface area (Å²) >= 11 is 0.